The van der Waals surface area contributed by atoms with Crippen molar-refractivity contribution in [3.8, 4) is 0 Å². The van der Waals surface area contributed by atoms with Gasteiger partial charge in [-0.25, -0.2) is 4.39 Å². The number of unbranched alkanes of at least 4 members (excludes halogenated alkanes) is 1. The lowest BCUT2D eigenvalue weighted by molar-refractivity contribution is -0.142. The van der Waals surface area contributed by atoms with Crippen molar-refractivity contribution >= 4 is 5.97 Å². The van der Waals surface area contributed by atoms with E-state index in [1.165, 1.54) is 13.2 Å². The summed E-state index contributed by atoms with van der Waals surface area (Å²) in [5.41, 5.74) is 1.40. The molecule has 0 spiro atoms. The standard InChI is InChI=1S/C14H19FO2/c1-4-5-6-11(14(16)17-3)12-9-10(2)7-8-13(12)15/h7-9,11H,4-6H2,1-3H3. The summed E-state index contributed by atoms with van der Waals surface area (Å²) in [5, 5.41) is 0. The van der Waals surface area contributed by atoms with Crippen LogP contribution in [0.4, 0.5) is 4.39 Å². The van der Waals surface area contributed by atoms with Crippen LogP contribution in [-0.2, 0) is 9.53 Å². The highest BCUT2D eigenvalue weighted by Gasteiger charge is 2.23. The zero-order chi connectivity index (χ0) is 12.8. The minimum Gasteiger partial charge on any atom is -0.469 e. The number of benzene rings is 1. The molecule has 0 aliphatic rings. The van der Waals surface area contributed by atoms with E-state index >= 15 is 0 Å². The minimum atomic E-state index is -0.486. The maximum Gasteiger partial charge on any atom is 0.313 e. The fourth-order valence-corrected chi connectivity index (χ4v) is 1.88. The van der Waals surface area contributed by atoms with Crippen molar-refractivity contribution in [1.82, 2.24) is 0 Å². The molecule has 0 saturated carbocycles. The second-order valence-electron chi connectivity index (χ2n) is 4.24. The third-order valence-electron chi connectivity index (χ3n) is 2.86. The molecule has 0 aliphatic heterocycles. The third-order valence-corrected chi connectivity index (χ3v) is 2.86. The van der Waals surface area contributed by atoms with Gasteiger partial charge in [0.1, 0.15) is 5.82 Å². The molecule has 0 aromatic heterocycles. The van der Waals surface area contributed by atoms with Gasteiger partial charge in [0.15, 0.2) is 0 Å². The zero-order valence-electron chi connectivity index (χ0n) is 10.6. The highest BCUT2D eigenvalue weighted by molar-refractivity contribution is 5.78. The number of carbonyl (C=O) groups is 1. The molecule has 17 heavy (non-hydrogen) atoms. The molecule has 1 rings (SSSR count). The number of aryl methyl sites for hydroxylation is 1. The molecular weight excluding hydrogens is 219 g/mol. The molecule has 0 saturated heterocycles. The fourth-order valence-electron chi connectivity index (χ4n) is 1.88. The van der Waals surface area contributed by atoms with Gasteiger partial charge in [-0.2, -0.15) is 0 Å². The Morgan fingerprint density at radius 1 is 1.47 bits per heavy atom. The summed E-state index contributed by atoms with van der Waals surface area (Å²) in [4.78, 5) is 11.7. The molecule has 2 nitrogen and oxygen atoms in total. The molecule has 0 aliphatic carbocycles. The van der Waals surface area contributed by atoms with Crippen molar-refractivity contribution in [2.45, 2.75) is 39.0 Å². The first kappa shape index (κ1) is 13.7. The monoisotopic (exact) mass is 238 g/mol. The Morgan fingerprint density at radius 3 is 2.76 bits per heavy atom. The Bertz CT molecular complexity index is 388. The van der Waals surface area contributed by atoms with E-state index in [1.54, 1.807) is 12.1 Å². The maximum absolute atomic E-state index is 13.7. The Labute approximate surface area is 102 Å². The third kappa shape index (κ3) is 3.55. The van der Waals surface area contributed by atoms with Gasteiger partial charge in [0, 0.05) is 5.56 Å². The van der Waals surface area contributed by atoms with Crippen LogP contribution in [0.3, 0.4) is 0 Å². The topological polar surface area (TPSA) is 26.3 Å². The Morgan fingerprint density at radius 2 is 2.18 bits per heavy atom. The molecule has 3 heteroatoms. The lowest BCUT2D eigenvalue weighted by Gasteiger charge is -2.16. The van der Waals surface area contributed by atoms with Crippen molar-refractivity contribution in [2.24, 2.45) is 0 Å². The van der Waals surface area contributed by atoms with E-state index < -0.39 is 5.92 Å². The molecule has 94 valence electrons. The van der Waals surface area contributed by atoms with Gasteiger partial charge in [0.25, 0.3) is 0 Å². The van der Waals surface area contributed by atoms with Crippen LogP contribution >= 0.6 is 0 Å². The highest BCUT2D eigenvalue weighted by atomic mass is 19.1. The number of hydrogen-bond acceptors (Lipinski definition) is 2. The Hall–Kier alpha value is -1.38. The molecule has 0 fully saturated rings. The van der Waals surface area contributed by atoms with Crippen LogP contribution in [0.25, 0.3) is 0 Å². The van der Waals surface area contributed by atoms with Crippen LogP contribution in [0.2, 0.25) is 0 Å². The predicted molar refractivity (Wildman–Crippen MR) is 65.4 cm³/mol. The quantitative estimate of drug-likeness (QED) is 0.733. The van der Waals surface area contributed by atoms with Crippen molar-refractivity contribution in [3.05, 3.63) is 35.1 Å². The van der Waals surface area contributed by atoms with Gasteiger partial charge in [-0.05, 0) is 19.4 Å². The molecule has 0 bridgehead atoms. The molecule has 0 amide bonds. The van der Waals surface area contributed by atoms with Crippen molar-refractivity contribution in [2.75, 3.05) is 7.11 Å². The second kappa shape index (κ2) is 6.38. The van der Waals surface area contributed by atoms with Crippen LogP contribution in [0, 0.1) is 12.7 Å². The van der Waals surface area contributed by atoms with E-state index in [9.17, 15) is 9.18 Å². The number of esters is 1. The molecule has 0 radical (unpaired) electrons. The predicted octanol–water partition coefficient (Wildman–Crippen LogP) is 3.58. The van der Waals surface area contributed by atoms with Crippen LogP contribution in [0.1, 0.15) is 43.2 Å². The van der Waals surface area contributed by atoms with E-state index in [4.69, 9.17) is 4.74 Å². The zero-order valence-corrected chi connectivity index (χ0v) is 10.6. The number of halogens is 1. The fraction of sp³-hybridized carbons (Fsp3) is 0.500. The highest BCUT2D eigenvalue weighted by Crippen LogP contribution is 2.26. The van der Waals surface area contributed by atoms with Gasteiger partial charge in [0.05, 0.1) is 13.0 Å². The van der Waals surface area contributed by atoms with E-state index in [0.29, 0.717) is 12.0 Å². The van der Waals surface area contributed by atoms with Gasteiger partial charge < -0.3 is 4.74 Å². The average Bonchev–Trinajstić information content (AvgIpc) is 2.33. The van der Waals surface area contributed by atoms with E-state index in [1.807, 2.05) is 13.8 Å². The molecule has 1 aromatic rings. The first-order valence-corrected chi connectivity index (χ1v) is 5.94. The molecule has 0 heterocycles. The summed E-state index contributed by atoms with van der Waals surface area (Å²) in [6.45, 7) is 3.93. The lowest BCUT2D eigenvalue weighted by Crippen LogP contribution is -2.16. The van der Waals surface area contributed by atoms with Crippen LogP contribution in [0.5, 0.6) is 0 Å². The summed E-state index contributed by atoms with van der Waals surface area (Å²) in [6, 6.07) is 4.84. The Kier molecular flexibility index (Phi) is 5.13. The normalized spacial score (nSPS) is 12.2. The number of ether oxygens (including phenoxy) is 1. The lowest BCUT2D eigenvalue weighted by atomic mass is 9.92. The first-order chi connectivity index (χ1) is 8.10. The van der Waals surface area contributed by atoms with E-state index in [2.05, 4.69) is 0 Å². The largest absolute Gasteiger partial charge is 0.469 e. The van der Waals surface area contributed by atoms with E-state index in [0.717, 1.165) is 18.4 Å². The molecule has 1 unspecified atom stereocenters. The number of carbonyl (C=O) groups excluding carboxylic acids is 1. The van der Waals surface area contributed by atoms with Crippen molar-refractivity contribution in [1.29, 1.82) is 0 Å². The molecule has 0 N–H and O–H groups in total. The van der Waals surface area contributed by atoms with Gasteiger partial charge in [-0.3, -0.25) is 4.79 Å². The van der Waals surface area contributed by atoms with E-state index in [-0.39, 0.29) is 11.8 Å². The summed E-state index contributed by atoms with van der Waals surface area (Å²) in [7, 11) is 1.34. The summed E-state index contributed by atoms with van der Waals surface area (Å²) in [5.74, 6) is -1.18. The SMILES string of the molecule is CCCCC(C(=O)OC)c1cc(C)ccc1F. The van der Waals surface area contributed by atoms with Crippen LogP contribution in [0.15, 0.2) is 18.2 Å². The number of rotatable bonds is 5. The van der Waals surface area contributed by atoms with Crippen LogP contribution in [-0.4, -0.2) is 13.1 Å². The van der Waals surface area contributed by atoms with Crippen molar-refractivity contribution < 1.29 is 13.9 Å². The van der Waals surface area contributed by atoms with Crippen molar-refractivity contribution in [3.63, 3.8) is 0 Å². The molecular formula is C14H19FO2. The number of methoxy groups -OCH3 is 1. The Balaban J connectivity index is 3.02. The van der Waals surface area contributed by atoms with Crippen LogP contribution < -0.4 is 0 Å². The summed E-state index contributed by atoms with van der Waals surface area (Å²) >= 11 is 0. The molecule has 1 aromatic carbocycles. The van der Waals surface area contributed by atoms with Gasteiger partial charge >= 0.3 is 5.97 Å². The summed E-state index contributed by atoms with van der Waals surface area (Å²) in [6.07, 6.45) is 2.48. The smallest absolute Gasteiger partial charge is 0.313 e. The summed E-state index contributed by atoms with van der Waals surface area (Å²) < 4.78 is 18.5. The molecule has 1 atom stereocenters. The minimum absolute atomic E-state index is 0.331. The second-order valence-corrected chi connectivity index (χ2v) is 4.24. The number of hydrogen-bond donors (Lipinski definition) is 0. The van der Waals surface area contributed by atoms with Gasteiger partial charge in [0.2, 0.25) is 0 Å². The first-order valence-electron chi connectivity index (χ1n) is 5.94. The van der Waals surface area contributed by atoms with Gasteiger partial charge in [-0.15, -0.1) is 0 Å². The average molecular weight is 238 g/mol. The van der Waals surface area contributed by atoms with Gasteiger partial charge in [-0.1, -0.05) is 37.5 Å². The maximum atomic E-state index is 13.7.